The van der Waals surface area contributed by atoms with Gasteiger partial charge in [-0.15, -0.1) is 10.2 Å². The van der Waals surface area contributed by atoms with Gasteiger partial charge in [0.25, 0.3) is 0 Å². The molecule has 1 aliphatic rings. The molecule has 0 radical (unpaired) electrons. The lowest BCUT2D eigenvalue weighted by molar-refractivity contribution is 0.433. The van der Waals surface area contributed by atoms with E-state index >= 15 is 0 Å². The molecule has 11 heavy (non-hydrogen) atoms. The van der Waals surface area contributed by atoms with Crippen molar-refractivity contribution in [2.75, 3.05) is 6.54 Å². The SMILES string of the molecule is CC1NCCn2c(Br)nnc21. The van der Waals surface area contributed by atoms with Crippen molar-refractivity contribution in [3.8, 4) is 0 Å². The maximum atomic E-state index is 4.04. The summed E-state index contributed by atoms with van der Waals surface area (Å²) in [5, 5.41) is 11.3. The van der Waals surface area contributed by atoms with Crippen LogP contribution >= 0.6 is 15.9 Å². The second-order valence-corrected chi connectivity index (χ2v) is 3.36. The fourth-order valence-corrected chi connectivity index (χ4v) is 1.74. The minimum atomic E-state index is 0.322. The molecule has 5 heteroatoms. The molecule has 4 nitrogen and oxygen atoms in total. The fraction of sp³-hybridized carbons (Fsp3) is 0.667. The Balaban J connectivity index is 2.46. The smallest absolute Gasteiger partial charge is 0.200 e. The summed E-state index contributed by atoms with van der Waals surface area (Å²) in [7, 11) is 0. The zero-order valence-electron chi connectivity index (χ0n) is 6.21. The number of rotatable bonds is 0. The zero-order valence-corrected chi connectivity index (χ0v) is 7.80. The molecule has 1 aliphatic heterocycles. The van der Waals surface area contributed by atoms with Crippen LogP contribution in [0.2, 0.25) is 0 Å². The van der Waals surface area contributed by atoms with Crippen molar-refractivity contribution < 1.29 is 0 Å². The van der Waals surface area contributed by atoms with E-state index in [4.69, 9.17) is 0 Å². The number of nitrogens with one attached hydrogen (secondary N) is 1. The van der Waals surface area contributed by atoms with Gasteiger partial charge in [-0.25, -0.2) is 0 Å². The number of halogens is 1. The van der Waals surface area contributed by atoms with Gasteiger partial charge in [0.1, 0.15) is 0 Å². The summed E-state index contributed by atoms with van der Waals surface area (Å²) in [4.78, 5) is 0. The number of hydrogen-bond acceptors (Lipinski definition) is 3. The van der Waals surface area contributed by atoms with E-state index in [0.29, 0.717) is 6.04 Å². The molecule has 60 valence electrons. The Labute approximate surface area is 73.1 Å². The minimum absolute atomic E-state index is 0.322. The molecule has 0 aromatic carbocycles. The molecule has 0 aliphatic carbocycles. The van der Waals surface area contributed by atoms with Crippen LogP contribution in [-0.4, -0.2) is 21.3 Å². The minimum Gasteiger partial charge on any atom is -0.306 e. The Morgan fingerprint density at radius 1 is 1.64 bits per heavy atom. The number of aromatic nitrogens is 3. The molecule has 1 aromatic heterocycles. The van der Waals surface area contributed by atoms with Crippen LogP contribution in [-0.2, 0) is 6.54 Å². The summed E-state index contributed by atoms with van der Waals surface area (Å²) >= 11 is 3.34. The van der Waals surface area contributed by atoms with E-state index < -0.39 is 0 Å². The van der Waals surface area contributed by atoms with Crippen molar-refractivity contribution in [3.63, 3.8) is 0 Å². The monoisotopic (exact) mass is 216 g/mol. The van der Waals surface area contributed by atoms with Gasteiger partial charge in [0, 0.05) is 13.1 Å². The lowest BCUT2D eigenvalue weighted by atomic mass is 10.2. The third-order valence-corrected chi connectivity index (χ3v) is 2.49. The van der Waals surface area contributed by atoms with E-state index in [1.54, 1.807) is 0 Å². The third-order valence-electron chi connectivity index (χ3n) is 1.91. The number of nitrogens with zero attached hydrogens (tertiary/aromatic N) is 3. The largest absolute Gasteiger partial charge is 0.306 e. The van der Waals surface area contributed by atoms with E-state index in [0.717, 1.165) is 23.6 Å². The Morgan fingerprint density at radius 3 is 3.18 bits per heavy atom. The van der Waals surface area contributed by atoms with Crippen molar-refractivity contribution in [2.45, 2.75) is 19.5 Å². The highest BCUT2D eigenvalue weighted by molar-refractivity contribution is 9.10. The molecule has 0 saturated carbocycles. The molecule has 2 rings (SSSR count). The summed E-state index contributed by atoms with van der Waals surface area (Å²) in [5.74, 6) is 1.02. The van der Waals surface area contributed by atoms with Crippen LogP contribution in [0.15, 0.2) is 4.73 Å². The molecule has 0 spiro atoms. The fourth-order valence-electron chi connectivity index (χ4n) is 1.31. The first-order chi connectivity index (χ1) is 5.29. The summed E-state index contributed by atoms with van der Waals surface area (Å²) in [6.45, 7) is 4.03. The summed E-state index contributed by atoms with van der Waals surface area (Å²) in [6, 6.07) is 0.322. The standard InChI is InChI=1S/C6H9BrN4/c1-4-5-9-10-6(7)11(5)3-2-8-4/h4,8H,2-3H2,1H3. The first-order valence-corrected chi connectivity index (χ1v) is 4.40. The van der Waals surface area contributed by atoms with Gasteiger partial charge in [0.05, 0.1) is 6.04 Å². The summed E-state index contributed by atoms with van der Waals surface area (Å²) < 4.78 is 2.92. The van der Waals surface area contributed by atoms with Crippen LogP contribution in [0.25, 0.3) is 0 Å². The molecule has 1 unspecified atom stereocenters. The molecule has 1 atom stereocenters. The molecule has 0 fully saturated rings. The van der Waals surface area contributed by atoms with Crippen LogP contribution in [0, 0.1) is 0 Å². The van der Waals surface area contributed by atoms with Crippen molar-refractivity contribution in [1.82, 2.24) is 20.1 Å². The van der Waals surface area contributed by atoms with E-state index in [1.165, 1.54) is 0 Å². The van der Waals surface area contributed by atoms with Gasteiger partial charge >= 0.3 is 0 Å². The van der Waals surface area contributed by atoms with Crippen molar-refractivity contribution in [3.05, 3.63) is 10.6 Å². The highest BCUT2D eigenvalue weighted by Gasteiger charge is 2.19. The second kappa shape index (κ2) is 2.57. The quantitative estimate of drug-likeness (QED) is 0.695. The summed E-state index contributed by atoms with van der Waals surface area (Å²) in [5.41, 5.74) is 0. The van der Waals surface area contributed by atoms with E-state index in [9.17, 15) is 0 Å². The van der Waals surface area contributed by atoms with Crippen LogP contribution < -0.4 is 5.32 Å². The Bertz CT molecular complexity index is 270. The average Bonchev–Trinajstić information content (AvgIpc) is 2.35. The molecule has 2 heterocycles. The van der Waals surface area contributed by atoms with Gasteiger partial charge in [-0.2, -0.15) is 0 Å². The van der Waals surface area contributed by atoms with E-state index in [1.807, 2.05) is 0 Å². The van der Waals surface area contributed by atoms with Gasteiger partial charge in [0.15, 0.2) is 10.6 Å². The normalized spacial score (nSPS) is 23.3. The van der Waals surface area contributed by atoms with Crippen LogP contribution in [0.1, 0.15) is 18.8 Å². The van der Waals surface area contributed by atoms with Gasteiger partial charge in [0.2, 0.25) is 0 Å². The molecular formula is C6H9BrN4. The topological polar surface area (TPSA) is 42.7 Å². The third kappa shape index (κ3) is 1.08. The molecule has 1 aromatic rings. The Kier molecular flexibility index (Phi) is 1.69. The first kappa shape index (κ1) is 7.24. The first-order valence-electron chi connectivity index (χ1n) is 3.61. The molecule has 0 amide bonds. The predicted octanol–water partition coefficient (Wildman–Crippen LogP) is 0.705. The number of hydrogen-bond donors (Lipinski definition) is 1. The highest BCUT2D eigenvalue weighted by atomic mass is 79.9. The highest BCUT2D eigenvalue weighted by Crippen LogP contribution is 2.17. The van der Waals surface area contributed by atoms with E-state index in [2.05, 4.69) is 42.9 Å². The van der Waals surface area contributed by atoms with Crippen molar-refractivity contribution in [2.24, 2.45) is 0 Å². The molecule has 0 saturated heterocycles. The van der Waals surface area contributed by atoms with Gasteiger partial charge in [-0.1, -0.05) is 0 Å². The second-order valence-electron chi connectivity index (χ2n) is 2.65. The van der Waals surface area contributed by atoms with Gasteiger partial charge in [-0.3, -0.25) is 0 Å². The predicted molar refractivity (Wildman–Crippen MR) is 44.1 cm³/mol. The number of fused-ring (bicyclic) bond motifs is 1. The molecule has 1 N–H and O–H groups in total. The Hall–Kier alpha value is -0.420. The lowest BCUT2D eigenvalue weighted by Gasteiger charge is -2.20. The van der Waals surface area contributed by atoms with Crippen LogP contribution in [0.3, 0.4) is 0 Å². The van der Waals surface area contributed by atoms with Gasteiger partial charge in [-0.05, 0) is 22.9 Å². The maximum absolute atomic E-state index is 4.04. The van der Waals surface area contributed by atoms with Gasteiger partial charge < -0.3 is 9.88 Å². The average molecular weight is 217 g/mol. The van der Waals surface area contributed by atoms with Crippen LogP contribution in [0.4, 0.5) is 0 Å². The van der Waals surface area contributed by atoms with Crippen molar-refractivity contribution >= 4 is 15.9 Å². The van der Waals surface area contributed by atoms with Crippen molar-refractivity contribution in [1.29, 1.82) is 0 Å². The lowest BCUT2D eigenvalue weighted by Crippen LogP contribution is -2.31. The molecular weight excluding hydrogens is 208 g/mol. The molecule has 0 bridgehead atoms. The van der Waals surface area contributed by atoms with E-state index in [-0.39, 0.29) is 0 Å². The van der Waals surface area contributed by atoms with Crippen LogP contribution in [0.5, 0.6) is 0 Å². The Morgan fingerprint density at radius 2 is 2.45 bits per heavy atom. The maximum Gasteiger partial charge on any atom is 0.200 e. The summed E-state index contributed by atoms with van der Waals surface area (Å²) in [6.07, 6.45) is 0. The zero-order chi connectivity index (χ0) is 7.84.